The van der Waals surface area contributed by atoms with Gasteiger partial charge in [-0.1, -0.05) is 11.8 Å². The van der Waals surface area contributed by atoms with Crippen LogP contribution in [0.15, 0.2) is 36.8 Å². The van der Waals surface area contributed by atoms with E-state index in [0.717, 1.165) is 0 Å². The maximum Gasteiger partial charge on any atom is 0.164 e. The summed E-state index contributed by atoms with van der Waals surface area (Å²) in [6, 6.07) is 5.62. The van der Waals surface area contributed by atoms with Crippen molar-refractivity contribution in [2.75, 3.05) is 12.1 Å². The third-order valence-corrected chi connectivity index (χ3v) is 4.69. The molecule has 3 aromatic rings. The smallest absolute Gasteiger partial charge is 0.164 e. The number of nitrogens with one attached hydrogen (secondary N) is 1. The van der Waals surface area contributed by atoms with Gasteiger partial charge in [0.25, 0.3) is 0 Å². The predicted octanol–water partition coefficient (Wildman–Crippen LogP) is 0.383. The molecule has 10 heteroatoms. The lowest BCUT2D eigenvalue weighted by Crippen LogP contribution is -2.33. The number of rotatable bonds is 3. The van der Waals surface area contributed by atoms with E-state index in [-0.39, 0.29) is 17.3 Å². The Morgan fingerprint density at radius 2 is 1.90 bits per heavy atom. The highest BCUT2D eigenvalue weighted by molar-refractivity contribution is 5.93. The fraction of sp³-hybridized carbons (Fsp3) is 0.263. The van der Waals surface area contributed by atoms with Gasteiger partial charge in [0, 0.05) is 11.8 Å². The van der Waals surface area contributed by atoms with Crippen molar-refractivity contribution >= 4 is 16.9 Å². The first-order chi connectivity index (χ1) is 14.0. The Morgan fingerprint density at radius 1 is 1.14 bits per heavy atom. The second-order valence-electron chi connectivity index (χ2n) is 6.47. The molecule has 0 bridgehead atoms. The molecule has 4 rings (SSSR count). The molecule has 3 heterocycles. The van der Waals surface area contributed by atoms with Gasteiger partial charge in [0.15, 0.2) is 12.0 Å². The van der Waals surface area contributed by atoms with Crippen molar-refractivity contribution in [1.82, 2.24) is 14.5 Å². The van der Waals surface area contributed by atoms with E-state index in [1.807, 2.05) is 5.48 Å². The van der Waals surface area contributed by atoms with E-state index in [9.17, 15) is 24.9 Å². The van der Waals surface area contributed by atoms with E-state index in [1.165, 1.54) is 41.4 Å². The van der Waals surface area contributed by atoms with Gasteiger partial charge in [0.1, 0.15) is 36.1 Å². The largest absolute Gasteiger partial charge is 0.394 e. The molecule has 2 aromatic heterocycles. The summed E-state index contributed by atoms with van der Waals surface area (Å²) in [6.07, 6.45) is -1.85. The molecular formula is C19H17FN4O5. The molecule has 29 heavy (non-hydrogen) atoms. The molecule has 1 aromatic carbocycles. The number of nitrogens with zero attached hydrogens (tertiary/aromatic N) is 3. The van der Waals surface area contributed by atoms with Crippen LogP contribution in [0.5, 0.6) is 0 Å². The van der Waals surface area contributed by atoms with Crippen LogP contribution in [0.25, 0.3) is 11.0 Å². The lowest BCUT2D eigenvalue weighted by molar-refractivity contribution is -0.0508. The highest BCUT2D eigenvalue weighted by Gasteiger charge is 2.44. The van der Waals surface area contributed by atoms with Crippen LogP contribution in [-0.2, 0) is 4.74 Å². The Kier molecular flexibility index (Phi) is 5.14. The Labute approximate surface area is 164 Å². The minimum Gasteiger partial charge on any atom is -0.394 e. The monoisotopic (exact) mass is 400 g/mol. The quantitative estimate of drug-likeness (QED) is 0.315. The van der Waals surface area contributed by atoms with Crippen molar-refractivity contribution in [3.63, 3.8) is 0 Å². The van der Waals surface area contributed by atoms with Gasteiger partial charge in [-0.25, -0.2) is 14.4 Å². The van der Waals surface area contributed by atoms with Crippen LogP contribution in [0.1, 0.15) is 17.4 Å². The molecule has 1 aliphatic rings. The minimum absolute atomic E-state index is 0.0869. The number of aromatic nitrogens is 3. The molecule has 0 radical (unpaired) electrons. The lowest BCUT2D eigenvalue weighted by atomic mass is 10.1. The molecule has 1 aliphatic heterocycles. The zero-order valence-electron chi connectivity index (χ0n) is 14.9. The van der Waals surface area contributed by atoms with Gasteiger partial charge in [-0.15, -0.1) is 0 Å². The van der Waals surface area contributed by atoms with Crippen molar-refractivity contribution in [1.29, 1.82) is 0 Å². The summed E-state index contributed by atoms with van der Waals surface area (Å²) in [7, 11) is 0. The highest BCUT2D eigenvalue weighted by Crippen LogP contribution is 2.34. The molecule has 0 amide bonds. The van der Waals surface area contributed by atoms with Gasteiger partial charge in [0.05, 0.1) is 17.6 Å². The maximum absolute atomic E-state index is 13.1. The van der Waals surface area contributed by atoms with Crippen molar-refractivity contribution in [3.05, 3.63) is 53.7 Å². The molecule has 4 unspecified atom stereocenters. The SMILES string of the molecule is OCC1OC(n2cc(C#Cc3ccc(F)cc3)c3c(NO)ncnc32)C(O)C1O. The summed E-state index contributed by atoms with van der Waals surface area (Å²) in [4.78, 5) is 8.14. The van der Waals surface area contributed by atoms with Crippen LogP contribution in [0, 0.1) is 17.7 Å². The molecule has 1 fully saturated rings. The molecule has 4 atom stereocenters. The minimum atomic E-state index is -1.32. The number of halogens is 1. The summed E-state index contributed by atoms with van der Waals surface area (Å²) in [6.45, 7) is -0.469. The van der Waals surface area contributed by atoms with Crippen LogP contribution in [0.2, 0.25) is 0 Å². The summed E-state index contributed by atoms with van der Waals surface area (Å²) in [5.74, 6) is 5.52. The van der Waals surface area contributed by atoms with E-state index in [0.29, 0.717) is 16.5 Å². The third-order valence-electron chi connectivity index (χ3n) is 4.69. The van der Waals surface area contributed by atoms with Gasteiger partial charge in [-0.2, -0.15) is 0 Å². The highest BCUT2D eigenvalue weighted by atomic mass is 19.1. The van der Waals surface area contributed by atoms with E-state index in [2.05, 4.69) is 21.8 Å². The van der Waals surface area contributed by atoms with Crippen LogP contribution < -0.4 is 5.48 Å². The first-order valence-corrected chi connectivity index (χ1v) is 8.69. The molecule has 1 saturated heterocycles. The average molecular weight is 400 g/mol. The number of hydrogen-bond donors (Lipinski definition) is 5. The second-order valence-corrected chi connectivity index (χ2v) is 6.47. The third kappa shape index (κ3) is 3.42. The first-order valence-electron chi connectivity index (χ1n) is 8.69. The normalized spacial score (nSPS) is 23.8. The van der Waals surface area contributed by atoms with Crippen molar-refractivity contribution in [2.24, 2.45) is 0 Å². The standard InChI is InChI=1S/C19H17FN4O5/c20-12-5-2-10(3-6-12)1-4-11-7-24(18-14(11)17(23-28)21-9-22-18)19-16(27)15(26)13(8-25)29-19/h2-3,5-7,9,13,15-16,19,25-28H,8H2,(H,21,22,23). The molecular weight excluding hydrogens is 383 g/mol. The maximum atomic E-state index is 13.1. The number of benzene rings is 1. The number of aliphatic hydroxyl groups is 3. The van der Waals surface area contributed by atoms with Crippen LogP contribution in [-0.4, -0.2) is 60.0 Å². The number of fused-ring (bicyclic) bond motifs is 1. The predicted molar refractivity (Wildman–Crippen MR) is 98.3 cm³/mol. The van der Waals surface area contributed by atoms with E-state index >= 15 is 0 Å². The number of ether oxygens (including phenoxy) is 1. The van der Waals surface area contributed by atoms with Crippen molar-refractivity contribution in [2.45, 2.75) is 24.5 Å². The lowest BCUT2D eigenvalue weighted by Gasteiger charge is -2.17. The van der Waals surface area contributed by atoms with Crippen molar-refractivity contribution < 1.29 is 29.7 Å². The molecule has 5 N–H and O–H groups in total. The van der Waals surface area contributed by atoms with E-state index < -0.39 is 31.1 Å². The fourth-order valence-electron chi connectivity index (χ4n) is 3.24. The zero-order valence-corrected chi connectivity index (χ0v) is 14.9. The zero-order chi connectivity index (χ0) is 20.5. The Hall–Kier alpha value is -3.07. The topological polar surface area (TPSA) is 133 Å². The van der Waals surface area contributed by atoms with Crippen molar-refractivity contribution in [3.8, 4) is 11.8 Å². The van der Waals surface area contributed by atoms with E-state index in [1.54, 1.807) is 0 Å². The van der Waals surface area contributed by atoms with Gasteiger partial charge < -0.3 is 24.6 Å². The molecule has 0 saturated carbocycles. The van der Waals surface area contributed by atoms with Gasteiger partial charge >= 0.3 is 0 Å². The first kappa shape index (κ1) is 19.3. The Bertz CT molecular complexity index is 1090. The molecule has 0 spiro atoms. The van der Waals surface area contributed by atoms with Crippen LogP contribution >= 0.6 is 0 Å². The number of hydrogen-bond acceptors (Lipinski definition) is 8. The summed E-state index contributed by atoms with van der Waals surface area (Å²) in [5.41, 5.74) is 3.24. The number of anilines is 1. The van der Waals surface area contributed by atoms with Gasteiger partial charge in [-0.05, 0) is 24.3 Å². The van der Waals surface area contributed by atoms with Crippen LogP contribution in [0.4, 0.5) is 10.2 Å². The second kappa shape index (κ2) is 7.75. The molecule has 9 nitrogen and oxygen atoms in total. The van der Waals surface area contributed by atoms with Gasteiger partial charge in [-0.3, -0.25) is 10.7 Å². The molecule has 0 aliphatic carbocycles. The summed E-state index contributed by atoms with van der Waals surface area (Å²) in [5, 5.41) is 39.5. The molecule has 150 valence electrons. The summed E-state index contributed by atoms with van der Waals surface area (Å²) >= 11 is 0. The van der Waals surface area contributed by atoms with E-state index in [4.69, 9.17) is 4.74 Å². The number of aliphatic hydroxyl groups excluding tert-OH is 3. The average Bonchev–Trinajstić information content (AvgIpc) is 3.25. The fourth-order valence-corrected chi connectivity index (χ4v) is 3.24. The summed E-state index contributed by atoms with van der Waals surface area (Å²) < 4.78 is 20.1. The van der Waals surface area contributed by atoms with Gasteiger partial charge in [0.2, 0.25) is 0 Å². The Balaban J connectivity index is 1.83. The Morgan fingerprint density at radius 3 is 2.55 bits per heavy atom. The van der Waals surface area contributed by atoms with Crippen LogP contribution in [0.3, 0.4) is 0 Å².